The van der Waals surface area contributed by atoms with Gasteiger partial charge >= 0.3 is 5.97 Å². The summed E-state index contributed by atoms with van der Waals surface area (Å²) in [6, 6.07) is 0.426. The highest BCUT2D eigenvalue weighted by Gasteiger charge is 2.70. The van der Waals surface area contributed by atoms with Crippen LogP contribution in [0, 0.1) is 29.6 Å². The van der Waals surface area contributed by atoms with Gasteiger partial charge in [-0.15, -0.1) is 0 Å². The standard InChI is InChI=1S/C19H28N4O3/c1-10-7-8-20-17(21-10)22-14(18(2,3)4)15(24)23-9-11-12(19(11,5)6)13(23)16(25)26/h7-8,11-14H,9H2,1-6H3,(H,25,26)(H,20,21,22)/t11-,12-,13-,14+/m0/s1. The van der Waals surface area contributed by atoms with E-state index in [1.54, 1.807) is 17.2 Å². The van der Waals surface area contributed by atoms with Gasteiger partial charge in [-0.2, -0.15) is 0 Å². The molecule has 2 heterocycles. The molecule has 2 aliphatic rings. The molecule has 26 heavy (non-hydrogen) atoms. The van der Waals surface area contributed by atoms with Gasteiger partial charge in [0.05, 0.1) is 0 Å². The molecule has 2 fully saturated rings. The number of likely N-dealkylation sites (tertiary alicyclic amines) is 1. The van der Waals surface area contributed by atoms with Gasteiger partial charge < -0.3 is 15.3 Å². The quantitative estimate of drug-likeness (QED) is 0.854. The van der Waals surface area contributed by atoms with E-state index in [0.717, 1.165) is 5.69 Å². The fourth-order valence-electron chi connectivity index (χ4n) is 4.26. The number of carbonyl (C=O) groups is 2. The van der Waals surface area contributed by atoms with Gasteiger partial charge in [-0.05, 0) is 29.7 Å². The molecule has 1 amide bonds. The number of hydrogen-bond acceptors (Lipinski definition) is 5. The van der Waals surface area contributed by atoms with Crippen molar-refractivity contribution in [3.63, 3.8) is 0 Å². The number of hydrogen-bond donors (Lipinski definition) is 2. The molecule has 142 valence electrons. The first-order valence-corrected chi connectivity index (χ1v) is 9.04. The van der Waals surface area contributed by atoms with Crippen molar-refractivity contribution >= 4 is 17.8 Å². The fraction of sp³-hybridized carbons (Fsp3) is 0.684. The zero-order chi connectivity index (χ0) is 19.4. The Kier molecular flexibility index (Phi) is 4.24. The molecule has 0 spiro atoms. The lowest BCUT2D eigenvalue weighted by atomic mass is 9.85. The first-order valence-electron chi connectivity index (χ1n) is 9.04. The Balaban J connectivity index is 1.86. The summed E-state index contributed by atoms with van der Waals surface area (Å²) in [5, 5.41) is 12.9. The average molecular weight is 360 g/mol. The molecule has 1 aromatic rings. The highest BCUT2D eigenvalue weighted by atomic mass is 16.4. The van der Waals surface area contributed by atoms with Gasteiger partial charge in [-0.25, -0.2) is 14.8 Å². The van der Waals surface area contributed by atoms with Crippen LogP contribution < -0.4 is 5.32 Å². The van der Waals surface area contributed by atoms with Crippen molar-refractivity contribution in [3.8, 4) is 0 Å². The van der Waals surface area contributed by atoms with Crippen LogP contribution in [-0.2, 0) is 9.59 Å². The smallest absolute Gasteiger partial charge is 0.326 e. The number of fused-ring (bicyclic) bond motifs is 1. The molecular formula is C19H28N4O3. The molecule has 1 aliphatic carbocycles. The van der Waals surface area contributed by atoms with E-state index in [2.05, 4.69) is 29.1 Å². The van der Waals surface area contributed by atoms with Crippen molar-refractivity contribution in [1.29, 1.82) is 0 Å². The number of carboxylic acid groups (broad SMARTS) is 1. The minimum Gasteiger partial charge on any atom is -0.480 e. The monoisotopic (exact) mass is 360 g/mol. The van der Waals surface area contributed by atoms with Crippen LogP contribution >= 0.6 is 0 Å². The molecule has 7 nitrogen and oxygen atoms in total. The predicted octanol–water partition coefficient (Wildman–Crippen LogP) is 2.18. The summed E-state index contributed by atoms with van der Waals surface area (Å²) in [7, 11) is 0. The van der Waals surface area contributed by atoms with E-state index in [4.69, 9.17) is 0 Å². The summed E-state index contributed by atoms with van der Waals surface area (Å²) in [5.74, 6) is -0.452. The Labute approximate surface area is 154 Å². The Morgan fingerprint density at radius 2 is 2.04 bits per heavy atom. The normalized spacial score (nSPS) is 27.6. The third-order valence-corrected chi connectivity index (χ3v) is 5.93. The number of nitrogens with one attached hydrogen (secondary N) is 1. The summed E-state index contributed by atoms with van der Waals surface area (Å²) in [4.78, 5) is 35.3. The minimum atomic E-state index is -0.920. The summed E-state index contributed by atoms with van der Waals surface area (Å²) in [6.45, 7) is 12.4. The van der Waals surface area contributed by atoms with Crippen molar-refractivity contribution in [2.45, 2.75) is 53.6 Å². The fourth-order valence-corrected chi connectivity index (χ4v) is 4.26. The summed E-state index contributed by atoms with van der Waals surface area (Å²) < 4.78 is 0. The molecule has 2 N–H and O–H groups in total. The summed E-state index contributed by atoms with van der Waals surface area (Å²) in [6.07, 6.45) is 1.64. The van der Waals surface area contributed by atoms with Gasteiger partial charge in [0.15, 0.2) is 0 Å². The Morgan fingerprint density at radius 3 is 2.58 bits per heavy atom. The lowest BCUT2D eigenvalue weighted by Gasteiger charge is -2.36. The lowest BCUT2D eigenvalue weighted by molar-refractivity contribution is -0.151. The van der Waals surface area contributed by atoms with Crippen LogP contribution in [-0.4, -0.2) is 50.5 Å². The molecule has 4 atom stereocenters. The molecule has 0 bridgehead atoms. The first kappa shape index (κ1) is 18.6. The second-order valence-electron chi connectivity index (χ2n) is 9.19. The zero-order valence-electron chi connectivity index (χ0n) is 16.3. The number of piperidine rings is 1. The van der Waals surface area contributed by atoms with Crippen molar-refractivity contribution in [2.75, 3.05) is 11.9 Å². The highest BCUT2D eigenvalue weighted by Crippen LogP contribution is 2.65. The summed E-state index contributed by atoms with van der Waals surface area (Å²) in [5.41, 5.74) is 0.370. The molecule has 1 aromatic heterocycles. The number of amides is 1. The molecule has 1 saturated heterocycles. The van der Waals surface area contributed by atoms with Crippen LogP contribution in [0.5, 0.6) is 0 Å². The Morgan fingerprint density at radius 1 is 1.38 bits per heavy atom. The van der Waals surface area contributed by atoms with Crippen LogP contribution in [0.1, 0.15) is 40.3 Å². The zero-order valence-corrected chi connectivity index (χ0v) is 16.3. The molecule has 0 radical (unpaired) electrons. The van der Waals surface area contributed by atoms with Crippen molar-refractivity contribution < 1.29 is 14.7 Å². The lowest BCUT2D eigenvalue weighted by Crippen LogP contribution is -2.54. The van der Waals surface area contributed by atoms with Gasteiger partial charge in [0.25, 0.3) is 0 Å². The third-order valence-electron chi connectivity index (χ3n) is 5.93. The molecule has 3 rings (SSSR count). The van der Waals surface area contributed by atoms with Crippen LogP contribution in [0.25, 0.3) is 0 Å². The minimum absolute atomic E-state index is 0.00977. The number of rotatable bonds is 4. The molecule has 7 heteroatoms. The summed E-state index contributed by atoms with van der Waals surface area (Å²) >= 11 is 0. The van der Waals surface area contributed by atoms with Gasteiger partial charge in [-0.1, -0.05) is 34.6 Å². The molecule has 1 aliphatic heterocycles. The molecule has 1 saturated carbocycles. The van der Waals surface area contributed by atoms with Crippen LogP contribution in [0.2, 0.25) is 0 Å². The maximum absolute atomic E-state index is 13.3. The van der Waals surface area contributed by atoms with Crippen molar-refractivity contribution in [3.05, 3.63) is 18.0 Å². The van der Waals surface area contributed by atoms with E-state index < -0.39 is 23.5 Å². The first-order chi connectivity index (χ1) is 11.9. The average Bonchev–Trinajstić information content (AvgIpc) is 2.89. The number of aliphatic carboxylic acids is 1. The number of carbonyl (C=O) groups excluding carboxylic acids is 1. The van der Waals surface area contributed by atoms with Gasteiger partial charge in [0.1, 0.15) is 12.1 Å². The van der Waals surface area contributed by atoms with Gasteiger partial charge in [0.2, 0.25) is 11.9 Å². The second-order valence-corrected chi connectivity index (χ2v) is 9.19. The number of anilines is 1. The van der Waals surface area contributed by atoms with E-state index >= 15 is 0 Å². The van der Waals surface area contributed by atoms with Crippen LogP contribution in [0.15, 0.2) is 12.3 Å². The van der Waals surface area contributed by atoms with Crippen molar-refractivity contribution in [2.24, 2.45) is 22.7 Å². The van der Waals surface area contributed by atoms with Crippen molar-refractivity contribution in [1.82, 2.24) is 14.9 Å². The largest absolute Gasteiger partial charge is 0.480 e. The van der Waals surface area contributed by atoms with Crippen LogP contribution in [0.3, 0.4) is 0 Å². The van der Waals surface area contributed by atoms with Gasteiger partial charge in [-0.3, -0.25) is 4.79 Å². The highest BCUT2D eigenvalue weighted by molar-refractivity contribution is 5.90. The Hall–Kier alpha value is -2.18. The maximum atomic E-state index is 13.3. The van der Waals surface area contributed by atoms with Gasteiger partial charge in [0, 0.05) is 24.4 Å². The van der Waals surface area contributed by atoms with E-state index in [1.165, 1.54) is 0 Å². The molecule has 0 aromatic carbocycles. The second kappa shape index (κ2) is 5.93. The topological polar surface area (TPSA) is 95.4 Å². The SMILES string of the molecule is Cc1ccnc(N[C@H](C(=O)N2C[C@H]3[C@@H]([C@H]2C(=O)O)C3(C)C)C(C)(C)C)n1. The number of aryl methyl sites for hydroxylation is 1. The number of carboxylic acids is 1. The maximum Gasteiger partial charge on any atom is 0.326 e. The van der Waals surface area contributed by atoms with E-state index in [-0.39, 0.29) is 23.2 Å². The predicted molar refractivity (Wildman–Crippen MR) is 97.5 cm³/mol. The molecule has 0 unspecified atom stereocenters. The van der Waals surface area contributed by atoms with Crippen LogP contribution in [0.4, 0.5) is 5.95 Å². The Bertz CT molecular complexity index is 741. The van der Waals surface area contributed by atoms with E-state index in [9.17, 15) is 14.7 Å². The van der Waals surface area contributed by atoms with E-state index in [1.807, 2.05) is 27.7 Å². The number of nitrogens with zero attached hydrogens (tertiary/aromatic N) is 3. The number of aromatic nitrogens is 2. The third kappa shape index (κ3) is 3.04. The molecular weight excluding hydrogens is 332 g/mol. The van der Waals surface area contributed by atoms with E-state index in [0.29, 0.717) is 12.5 Å².